The average molecular weight is 453 g/mol. The number of benzene rings is 2. The fourth-order valence-electron chi connectivity index (χ4n) is 3.27. The average Bonchev–Trinajstić information content (AvgIpc) is 3.19. The molecule has 0 saturated heterocycles. The number of nitrogens with zero attached hydrogens (tertiary/aromatic N) is 3. The molecule has 1 heterocycles. The molecule has 0 aliphatic heterocycles. The van der Waals surface area contributed by atoms with Crippen molar-refractivity contribution < 1.29 is 9.53 Å². The van der Waals surface area contributed by atoms with Crippen molar-refractivity contribution in [1.82, 2.24) is 20.1 Å². The van der Waals surface area contributed by atoms with E-state index in [1.807, 2.05) is 30.3 Å². The third-order valence-corrected chi connectivity index (χ3v) is 6.09. The Hall–Kier alpha value is -2.64. The van der Waals surface area contributed by atoms with Crippen LogP contribution in [0.15, 0.2) is 59.8 Å². The van der Waals surface area contributed by atoms with E-state index in [9.17, 15) is 4.79 Å². The zero-order chi connectivity index (χ0) is 23.0. The molecule has 0 atom stereocenters. The second kappa shape index (κ2) is 11.3. The van der Waals surface area contributed by atoms with Crippen LogP contribution in [0, 0.1) is 0 Å². The predicted octanol–water partition coefficient (Wildman–Crippen LogP) is 4.69. The lowest BCUT2D eigenvalue weighted by atomic mass is 9.87. The first-order valence-corrected chi connectivity index (χ1v) is 11.8. The minimum atomic E-state index is -0.0265. The first-order chi connectivity index (χ1) is 15.4. The van der Waals surface area contributed by atoms with Crippen LogP contribution in [0.2, 0.25) is 0 Å². The lowest BCUT2D eigenvalue weighted by Crippen LogP contribution is -2.24. The minimum absolute atomic E-state index is 0.0265. The van der Waals surface area contributed by atoms with Crippen LogP contribution in [0.25, 0.3) is 11.4 Å². The highest BCUT2D eigenvalue weighted by atomic mass is 32.2. The number of carbonyl (C=O) groups excluding carboxylic acids is 1. The summed E-state index contributed by atoms with van der Waals surface area (Å²) in [5.41, 5.74) is 3.47. The van der Waals surface area contributed by atoms with E-state index in [1.165, 1.54) is 17.3 Å². The molecule has 0 spiro atoms. The summed E-state index contributed by atoms with van der Waals surface area (Å²) in [7, 11) is 1.70. The number of ether oxygens (including phenoxy) is 1. The smallest absolute Gasteiger partial charge is 0.230 e. The summed E-state index contributed by atoms with van der Waals surface area (Å²) >= 11 is 1.41. The van der Waals surface area contributed by atoms with E-state index >= 15 is 0 Å². The highest BCUT2D eigenvalue weighted by Gasteiger charge is 2.17. The van der Waals surface area contributed by atoms with Crippen LogP contribution in [0.4, 0.5) is 0 Å². The van der Waals surface area contributed by atoms with Crippen LogP contribution in [0.1, 0.15) is 38.3 Å². The van der Waals surface area contributed by atoms with Crippen molar-refractivity contribution in [2.75, 3.05) is 19.5 Å². The summed E-state index contributed by atoms with van der Waals surface area (Å²) in [4.78, 5) is 12.4. The highest BCUT2D eigenvalue weighted by molar-refractivity contribution is 7.99. The molecule has 0 bridgehead atoms. The van der Waals surface area contributed by atoms with Crippen molar-refractivity contribution in [3.8, 4) is 11.4 Å². The van der Waals surface area contributed by atoms with Crippen LogP contribution in [-0.2, 0) is 28.0 Å². The van der Waals surface area contributed by atoms with Crippen molar-refractivity contribution in [3.63, 3.8) is 0 Å². The molecule has 1 N–H and O–H groups in total. The summed E-state index contributed by atoms with van der Waals surface area (Å²) in [6.07, 6.45) is 0.843. The van der Waals surface area contributed by atoms with Gasteiger partial charge in [0.2, 0.25) is 5.91 Å². The summed E-state index contributed by atoms with van der Waals surface area (Å²) in [6.45, 7) is 8.51. The standard InChI is InChI=1S/C25H32N4O2S/c1-25(2,3)21-13-11-20(12-14-21)23-27-28-24(29(23)15-8-16-31-4)32-18-22(30)26-17-19-9-6-5-7-10-19/h5-7,9-14H,8,15-18H2,1-4H3,(H,26,30). The Kier molecular flexibility index (Phi) is 8.47. The molecule has 170 valence electrons. The van der Waals surface area contributed by atoms with Gasteiger partial charge in [-0.3, -0.25) is 4.79 Å². The van der Waals surface area contributed by atoms with Gasteiger partial charge in [-0.1, -0.05) is 87.1 Å². The molecule has 0 aliphatic carbocycles. The van der Waals surface area contributed by atoms with Crippen LogP contribution in [0.5, 0.6) is 0 Å². The monoisotopic (exact) mass is 452 g/mol. The van der Waals surface area contributed by atoms with E-state index in [-0.39, 0.29) is 17.1 Å². The number of methoxy groups -OCH3 is 1. The molecule has 0 unspecified atom stereocenters. The molecule has 2 aromatic carbocycles. The second-order valence-electron chi connectivity index (χ2n) is 8.68. The molecular formula is C25H32N4O2S. The van der Waals surface area contributed by atoms with Crippen LogP contribution in [-0.4, -0.2) is 40.1 Å². The van der Waals surface area contributed by atoms with Gasteiger partial charge < -0.3 is 14.6 Å². The normalized spacial score (nSPS) is 11.5. The van der Waals surface area contributed by atoms with Gasteiger partial charge in [0.1, 0.15) is 0 Å². The Morgan fingerprint density at radius 3 is 2.44 bits per heavy atom. The van der Waals surface area contributed by atoms with Crippen molar-refractivity contribution in [2.24, 2.45) is 0 Å². The first-order valence-electron chi connectivity index (χ1n) is 10.8. The molecule has 6 nitrogen and oxygen atoms in total. The lowest BCUT2D eigenvalue weighted by molar-refractivity contribution is -0.118. The highest BCUT2D eigenvalue weighted by Crippen LogP contribution is 2.28. The number of carbonyl (C=O) groups is 1. The number of aromatic nitrogens is 3. The Balaban J connectivity index is 1.70. The van der Waals surface area contributed by atoms with Gasteiger partial charge in [0, 0.05) is 32.4 Å². The Labute approximate surface area is 194 Å². The molecular weight excluding hydrogens is 420 g/mol. The van der Waals surface area contributed by atoms with Crippen molar-refractivity contribution in [2.45, 2.75) is 50.9 Å². The number of hydrogen-bond donors (Lipinski definition) is 1. The molecule has 0 radical (unpaired) electrons. The zero-order valence-corrected chi connectivity index (χ0v) is 20.1. The lowest BCUT2D eigenvalue weighted by Gasteiger charge is -2.19. The Morgan fingerprint density at radius 2 is 1.78 bits per heavy atom. The molecule has 0 aliphatic rings. The van der Waals surface area contributed by atoms with Gasteiger partial charge in [-0.05, 0) is 23.0 Å². The number of hydrogen-bond acceptors (Lipinski definition) is 5. The van der Waals surface area contributed by atoms with Crippen molar-refractivity contribution in [3.05, 3.63) is 65.7 Å². The maximum atomic E-state index is 12.4. The molecule has 0 saturated carbocycles. The fraction of sp³-hybridized carbons (Fsp3) is 0.400. The van der Waals surface area contributed by atoms with E-state index in [1.54, 1.807) is 7.11 Å². The summed E-state index contributed by atoms with van der Waals surface area (Å²) in [6, 6.07) is 18.4. The first kappa shape index (κ1) is 24.0. The van der Waals surface area contributed by atoms with Gasteiger partial charge in [0.15, 0.2) is 11.0 Å². The molecule has 1 aromatic heterocycles. The maximum Gasteiger partial charge on any atom is 0.230 e. The van der Waals surface area contributed by atoms with Gasteiger partial charge in [0.05, 0.1) is 5.75 Å². The Morgan fingerprint density at radius 1 is 1.06 bits per heavy atom. The van der Waals surface area contributed by atoms with Crippen LogP contribution in [0.3, 0.4) is 0 Å². The zero-order valence-electron chi connectivity index (χ0n) is 19.3. The molecule has 1 amide bonds. The van der Waals surface area contributed by atoms with Gasteiger partial charge in [-0.25, -0.2) is 0 Å². The van der Waals surface area contributed by atoms with E-state index in [0.717, 1.165) is 35.1 Å². The number of thioether (sulfide) groups is 1. The molecule has 3 rings (SSSR count). The number of rotatable bonds is 10. The van der Waals surface area contributed by atoms with Gasteiger partial charge in [-0.15, -0.1) is 10.2 Å². The minimum Gasteiger partial charge on any atom is -0.385 e. The van der Waals surface area contributed by atoms with Crippen LogP contribution < -0.4 is 5.32 Å². The second-order valence-corrected chi connectivity index (χ2v) is 9.63. The largest absolute Gasteiger partial charge is 0.385 e. The molecule has 0 fully saturated rings. The fourth-order valence-corrected chi connectivity index (χ4v) is 4.07. The van der Waals surface area contributed by atoms with Gasteiger partial charge in [-0.2, -0.15) is 0 Å². The molecule has 3 aromatic rings. The predicted molar refractivity (Wildman–Crippen MR) is 130 cm³/mol. The number of nitrogens with one attached hydrogen (secondary N) is 1. The Bertz CT molecular complexity index is 995. The van der Waals surface area contributed by atoms with E-state index in [2.05, 4.69) is 65.1 Å². The van der Waals surface area contributed by atoms with Crippen LogP contribution >= 0.6 is 11.8 Å². The summed E-state index contributed by atoms with van der Waals surface area (Å²) in [5.74, 6) is 1.08. The topological polar surface area (TPSA) is 69.0 Å². The van der Waals surface area contributed by atoms with Crippen molar-refractivity contribution >= 4 is 17.7 Å². The van der Waals surface area contributed by atoms with Gasteiger partial charge >= 0.3 is 0 Å². The van der Waals surface area contributed by atoms with E-state index in [4.69, 9.17) is 4.74 Å². The maximum absolute atomic E-state index is 12.4. The van der Waals surface area contributed by atoms with Gasteiger partial charge in [0.25, 0.3) is 0 Å². The third-order valence-electron chi connectivity index (χ3n) is 5.12. The van der Waals surface area contributed by atoms with E-state index in [0.29, 0.717) is 13.2 Å². The third kappa shape index (κ3) is 6.68. The SMILES string of the molecule is COCCCn1c(SCC(=O)NCc2ccccc2)nnc1-c1ccc(C(C)(C)C)cc1. The molecule has 7 heteroatoms. The molecule has 32 heavy (non-hydrogen) atoms. The van der Waals surface area contributed by atoms with E-state index < -0.39 is 0 Å². The quantitative estimate of drug-likeness (QED) is 0.357. The summed E-state index contributed by atoms with van der Waals surface area (Å²) in [5, 5.41) is 12.5. The number of amides is 1. The summed E-state index contributed by atoms with van der Waals surface area (Å²) < 4.78 is 7.31. The van der Waals surface area contributed by atoms with Crippen molar-refractivity contribution in [1.29, 1.82) is 0 Å².